The van der Waals surface area contributed by atoms with Gasteiger partial charge in [-0.3, -0.25) is 24.3 Å². The quantitative estimate of drug-likeness (QED) is 0.0728. The molecule has 6 heterocycles. The van der Waals surface area contributed by atoms with Gasteiger partial charge in [-0.15, -0.1) is 42.0 Å². The van der Waals surface area contributed by atoms with Crippen LogP contribution in [-0.4, -0.2) is 39.0 Å². The van der Waals surface area contributed by atoms with Crippen molar-refractivity contribution in [1.29, 1.82) is 0 Å². The van der Waals surface area contributed by atoms with Crippen LogP contribution in [0.2, 0.25) is 0 Å². The van der Waals surface area contributed by atoms with Crippen molar-refractivity contribution in [2.45, 2.75) is 126 Å². The molecule has 0 aliphatic rings. The van der Waals surface area contributed by atoms with Crippen LogP contribution >= 0.6 is 0 Å². The maximum absolute atomic E-state index is 13.1. The second kappa shape index (κ2) is 31.7. The summed E-state index contributed by atoms with van der Waals surface area (Å²) in [5.74, 6) is 0.848. The van der Waals surface area contributed by atoms with Crippen LogP contribution in [0.1, 0.15) is 142 Å². The van der Waals surface area contributed by atoms with Crippen LogP contribution in [0.3, 0.4) is 0 Å². The van der Waals surface area contributed by atoms with Crippen molar-refractivity contribution in [3.8, 4) is 28.6 Å². The summed E-state index contributed by atoms with van der Waals surface area (Å²) < 4.78 is 29.9. The van der Waals surface area contributed by atoms with Gasteiger partial charge in [-0.05, 0) is 83.5 Å². The molecule has 6 aromatic heterocycles. The average molecular weight is 1400 g/mol. The number of benzene rings is 2. The van der Waals surface area contributed by atoms with Crippen molar-refractivity contribution in [2.75, 3.05) is 0 Å². The van der Waals surface area contributed by atoms with E-state index in [9.17, 15) is 8.78 Å². The van der Waals surface area contributed by atoms with E-state index in [-0.39, 0.29) is 97.8 Å². The fraction of sp³-hybridized carbons (Fsp3) is 0.367. The molecule has 0 saturated heterocycles. The monoisotopic (exact) mass is 1400 g/mol. The van der Waals surface area contributed by atoms with Crippen LogP contribution in [-0.2, 0) is 101 Å². The number of aromatic nitrogens is 8. The molecule has 2 atom stereocenters. The van der Waals surface area contributed by atoms with Gasteiger partial charge in [0.25, 0.3) is 0 Å². The van der Waals surface area contributed by atoms with Crippen LogP contribution in [0.5, 0.6) is 0 Å². The smallest absolute Gasteiger partial charge is 0.191 e. The van der Waals surface area contributed by atoms with E-state index >= 15 is 0 Å². The zero-order valence-electron chi connectivity index (χ0n) is 44.8. The Labute approximate surface area is 490 Å². The van der Waals surface area contributed by atoms with E-state index in [1.165, 1.54) is 16.8 Å². The molecule has 4 radical (unpaired) electrons. The Balaban J connectivity index is 0.000000486. The fourth-order valence-corrected chi connectivity index (χ4v) is 7.49. The molecule has 0 saturated carbocycles. The summed E-state index contributed by atoms with van der Waals surface area (Å²) in [5.41, 5.74) is 9.08. The minimum Gasteiger partial charge on any atom is -0.418 e. The van der Waals surface area contributed by atoms with E-state index in [4.69, 9.17) is 0 Å². The molecule has 2 unspecified atom stereocenters. The van der Waals surface area contributed by atoms with Crippen LogP contribution in [0.4, 0.5) is 8.78 Å². The molecule has 8 nitrogen and oxygen atoms in total. The Morgan fingerprint density at radius 2 is 1.35 bits per heavy atom. The summed E-state index contributed by atoms with van der Waals surface area (Å²) in [5, 5.41) is 0. The Morgan fingerprint density at radius 3 is 1.91 bits per heavy atom. The first-order chi connectivity index (χ1) is 33.2. The zero-order chi connectivity index (χ0) is 51.1. The Hall–Kier alpha value is -4.28. The molecule has 0 fully saturated rings. The van der Waals surface area contributed by atoms with E-state index in [0.717, 1.165) is 65.9 Å². The molecule has 8 rings (SSSR count). The summed E-state index contributed by atoms with van der Waals surface area (Å²) in [4.78, 5) is 25.3. The van der Waals surface area contributed by atoms with E-state index in [1.807, 2.05) is 89.9 Å². The van der Waals surface area contributed by atoms with Gasteiger partial charge in [0.1, 0.15) is 0 Å². The third-order valence-corrected chi connectivity index (χ3v) is 11.8. The van der Waals surface area contributed by atoms with Crippen molar-refractivity contribution >= 4 is 0 Å². The average Bonchev–Trinajstić information content (AvgIpc) is 3.98. The van der Waals surface area contributed by atoms with Gasteiger partial charge < -0.3 is 19.1 Å². The molecular formula is C60H70CoF2IrN8Rh2-4. The summed E-state index contributed by atoms with van der Waals surface area (Å²) >= 11 is 0. The maximum Gasteiger partial charge on any atom is 0.191 e. The van der Waals surface area contributed by atoms with Gasteiger partial charge in [0, 0.05) is 131 Å². The number of hydrogen-bond acceptors (Lipinski definition) is 6. The van der Waals surface area contributed by atoms with Crippen LogP contribution in [0.25, 0.3) is 28.6 Å². The number of pyridine rings is 4. The van der Waals surface area contributed by atoms with Crippen molar-refractivity contribution in [3.63, 3.8) is 0 Å². The summed E-state index contributed by atoms with van der Waals surface area (Å²) in [6, 6.07) is 40.1. The number of imidazole rings is 2. The van der Waals surface area contributed by atoms with E-state index in [1.54, 1.807) is 12.4 Å². The van der Waals surface area contributed by atoms with Gasteiger partial charge in [0.05, 0.1) is 17.5 Å². The first kappa shape index (κ1) is 67.7. The SMILES string of the molecule is CC(C)(C)Cc1ccnc(-c2[c-]cc(F)c(F)n2)c1.CC(C)(C)Cc1cn(-c2ccccn2)[c-]n1.CCC(C)c1ccc(C(C)(C)c2[c-]cccc2)nc1.CCC(C)c1cnc(-c2[c-]cccc2)n1C.[Co].[Ir].[Rh].[Rh]. The van der Waals surface area contributed by atoms with Crippen molar-refractivity contribution in [1.82, 2.24) is 39.0 Å². The number of nitrogens with zero attached hydrogens (tertiary/aromatic N) is 8. The Kier molecular flexibility index (Phi) is 29.0. The molecule has 8 aromatic rings. The number of hydrogen-bond donors (Lipinski definition) is 0. The van der Waals surface area contributed by atoms with Crippen molar-refractivity contribution in [2.24, 2.45) is 17.9 Å². The molecule has 74 heavy (non-hydrogen) atoms. The summed E-state index contributed by atoms with van der Waals surface area (Å²) in [7, 11) is 2.07. The molecule has 0 N–H and O–H groups in total. The molecule has 0 aliphatic carbocycles. The minimum atomic E-state index is -1.13. The molecule has 0 amide bonds. The zero-order valence-corrected chi connectivity index (χ0v) is 51.5. The van der Waals surface area contributed by atoms with Gasteiger partial charge in [-0.25, -0.2) is 0 Å². The van der Waals surface area contributed by atoms with Crippen LogP contribution in [0.15, 0.2) is 128 Å². The van der Waals surface area contributed by atoms with Gasteiger partial charge in [-0.1, -0.05) is 125 Å². The topological polar surface area (TPSA) is 87.2 Å². The van der Waals surface area contributed by atoms with E-state index < -0.39 is 11.8 Å². The van der Waals surface area contributed by atoms with Crippen LogP contribution < -0.4 is 0 Å². The molecule has 0 bridgehead atoms. The van der Waals surface area contributed by atoms with E-state index in [2.05, 4.69) is 173 Å². The molecule has 0 aliphatic heterocycles. The third-order valence-electron chi connectivity index (χ3n) is 11.8. The second-order valence-electron chi connectivity index (χ2n) is 20.6. The summed E-state index contributed by atoms with van der Waals surface area (Å²) in [6.07, 6.45) is 16.5. The van der Waals surface area contributed by atoms with Crippen molar-refractivity contribution in [3.05, 3.63) is 198 Å². The molecule has 0 spiro atoms. The van der Waals surface area contributed by atoms with Crippen molar-refractivity contribution < 1.29 is 84.6 Å². The minimum absolute atomic E-state index is 0. The Morgan fingerprint density at radius 1 is 0.689 bits per heavy atom. The number of rotatable bonds is 11. The standard InChI is InChI=1S/C18H22N.C15H15F2N2.C14H17N2.C13H16N3.Co.Ir.2Rh/c1-5-14(2)15-11-12-17(19-13-15)18(3,4)16-9-7-6-8-10-16;1-15(2,3)9-10-6-7-18-13(8-10)12-5-4-11(16)14(17)19-12;1-4-11(2)13-10-15-14(16(13)3)12-8-6-5-7-9-12;1-13(2,3)8-11-9-16(10-15-11)12-6-4-5-7-14-12;;;;/h6-9,11-14H,5H2,1-4H3;4,6-8H,9H2,1-3H3;5-8,10-11H,4H2,1-3H3;4-7,9H,8H2,1-3H3;;;;/q4*-1;;;;. The van der Waals surface area contributed by atoms with Gasteiger partial charge in [-0.2, -0.15) is 46.4 Å². The fourth-order valence-electron chi connectivity index (χ4n) is 7.49. The van der Waals surface area contributed by atoms with Gasteiger partial charge >= 0.3 is 0 Å². The maximum atomic E-state index is 13.1. The molecule has 404 valence electrons. The molecule has 14 heteroatoms. The predicted octanol–water partition coefficient (Wildman–Crippen LogP) is 14.6. The normalized spacial score (nSPS) is 11.7. The Bertz CT molecular complexity index is 2820. The largest absolute Gasteiger partial charge is 0.418 e. The summed E-state index contributed by atoms with van der Waals surface area (Å²) in [6.45, 7) is 26.3. The second-order valence-corrected chi connectivity index (χ2v) is 20.6. The third kappa shape index (κ3) is 20.7. The molecule has 2 aromatic carbocycles. The molecular weight excluding hydrogens is 1330 g/mol. The van der Waals surface area contributed by atoms with E-state index in [0.29, 0.717) is 17.5 Å². The van der Waals surface area contributed by atoms with Crippen LogP contribution in [0, 0.1) is 47.1 Å². The first-order valence-electron chi connectivity index (χ1n) is 24.2. The number of halogens is 2. The predicted molar refractivity (Wildman–Crippen MR) is 279 cm³/mol. The first-order valence-corrected chi connectivity index (χ1v) is 24.2. The van der Waals surface area contributed by atoms with Gasteiger partial charge in [0.15, 0.2) is 5.95 Å². The van der Waals surface area contributed by atoms with Gasteiger partial charge in [0.2, 0.25) is 0 Å².